The van der Waals surface area contributed by atoms with Crippen LogP contribution in [0.5, 0.6) is 0 Å². The molecule has 1 aromatic carbocycles. The molecule has 5 unspecified atom stereocenters. The molecule has 5 aliphatic rings. The first-order chi connectivity index (χ1) is 14.2. The van der Waals surface area contributed by atoms with Crippen LogP contribution in [-0.2, 0) is 4.79 Å². The molecule has 0 radical (unpaired) electrons. The fourth-order valence-corrected chi connectivity index (χ4v) is 8.00. The second kappa shape index (κ2) is 8.02. The zero-order chi connectivity index (χ0) is 19.4. The summed E-state index contributed by atoms with van der Waals surface area (Å²) in [5, 5.41) is 3.15. The third kappa shape index (κ3) is 3.17. The molecular formula is C25H36ClN3O. The third-order valence-electron chi connectivity index (χ3n) is 9.37. The van der Waals surface area contributed by atoms with Gasteiger partial charge in [0.1, 0.15) is 5.54 Å². The molecule has 5 fully saturated rings. The Morgan fingerprint density at radius 1 is 0.933 bits per heavy atom. The van der Waals surface area contributed by atoms with Gasteiger partial charge >= 0.3 is 0 Å². The summed E-state index contributed by atoms with van der Waals surface area (Å²) in [5.74, 6) is 4.28. The molecule has 1 spiro atoms. The van der Waals surface area contributed by atoms with Gasteiger partial charge in [-0.1, -0.05) is 31.0 Å². The number of amides is 1. The van der Waals surface area contributed by atoms with Crippen molar-refractivity contribution in [3.8, 4) is 0 Å². The van der Waals surface area contributed by atoms with E-state index in [1.807, 2.05) is 0 Å². The molecule has 2 saturated heterocycles. The van der Waals surface area contributed by atoms with Crippen LogP contribution in [0.1, 0.15) is 57.8 Å². The zero-order valence-corrected chi connectivity index (χ0v) is 18.8. The molecule has 2 heterocycles. The van der Waals surface area contributed by atoms with Gasteiger partial charge in [-0.3, -0.25) is 9.69 Å². The largest absolute Gasteiger partial charge is 0.339 e. The highest BCUT2D eigenvalue weighted by molar-refractivity contribution is 5.93. The Hall–Kier alpha value is -1.26. The summed E-state index contributed by atoms with van der Waals surface area (Å²) >= 11 is 0. The number of carbonyl (C=O) groups excluding carboxylic acids is 1. The molecule has 1 amide bonds. The fourth-order valence-electron chi connectivity index (χ4n) is 8.00. The van der Waals surface area contributed by atoms with Crippen molar-refractivity contribution in [1.29, 1.82) is 0 Å². The predicted octanol–water partition coefficient (Wildman–Crippen LogP) is 4.44. The quantitative estimate of drug-likeness (QED) is 0.771. The first-order valence-corrected chi connectivity index (χ1v) is 12.1. The first kappa shape index (κ1) is 20.6. The average Bonchev–Trinajstić information content (AvgIpc) is 3.54. The fraction of sp³-hybridized carbons (Fsp3) is 0.720. The number of hydrogen-bond donors (Lipinski definition) is 1. The number of benzene rings is 1. The summed E-state index contributed by atoms with van der Waals surface area (Å²) < 4.78 is 0. The van der Waals surface area contributed by atoms with Crippen molar-refractivity contribution in [2.24, 2.45) is 23.7 Å². The van der Waals surface area contributed by atoms with E-state index in [-0.39, 0.29) is 23.9 Å². The Morgan fingerprint density at radius 3 is 2.43 bits per heavy atom. The number of fused-ring (bicyclic) bond motifs is 2. The smallest absolute Gasteiger partial charge is 0.247 e. The van der Waals surface area contributed by atoms with Crippen LogP contribution in [0.4, 0.5) is 5.69 Å². The van der Waals surface area contributed by atoms with Gasteiger partial charge in [-0.05, 0) is 80.8 Å². The van der Waals surface area contributed by atoms with E-state index in [0.717, 1.165) is 55.6 Å². The van der Waals surface area contributed by atoms with Crippen LogP contribution in [0.2, 0.25) is 0 Å². The van der Waals surface area contributed by atoms with Crippen LogP contribution in [0.15, 0.2) is 30.3 Å². The third-order valence-corrected chi connectivity index (χ3v) is 9.37. The minimum Gasteiger partial charge on any atom is -0.339 e. The number of hydrogen-bond acceptors (Lipinski definition) is 3. The van der Waals surface area contributed by atoms with Gasteiger partial charge in [-0.25, -0.2) is 0 Å². The zero-order valence-electron chi connectivity index (χ0n) is 18.0. The Labute approximate surface area is 187 Å². The van der Waals surface area contributed by atoms with E-state index in [1.54, 1.807) is 0 Å². The lowest BCUT2D eigenvalue weighted by Gasteiger charge is -2.47. The number of anilines is 1. The van der Waals surface area contributed by atoms with E-state index in [4.69, 9.17) is 0 Å². The molecule has 5 atom stereocenters. The lowest BCUT2D eigenvalue weighted by molar-refractivity contribution is -0.125. The van der Waals surface area contributed by atoms with Gasteiger partial charge in [0.05, 0.1) is 6.67 Å². The van der Waals surface area contributed by atoms with Crippen LogP contribution in [0, 0.1) is 23.7 Å². The Kier molecular flexibility index (Phi) is 5.51. The summed E-state index contributed by atoms with van der Waals surface area (Å²) in [4.78, 5) is 18.1. The number of nitrogens with one attached hydrogen (secondary N) is 1. The normalized spacial score (nSPS) is 37.5. The highest BCUT2D eigenvalue weighted by atomic mass is 35.5. The molecule has 2 aliphatic heterocycles. The summed E-state index contributed by atoms with van der Waals surface area (Å²) in [6.45, 7) is 2.82. The van der Waals surface area contributed by atoms with E-state index in [9.17, 15) is 4.79 Å². The number of carbonyl (C=O) groups is 1. The maximum Gasteiger partial charge on any atom is 0.247 e. The van der Waals surface area contributed by atoms with Crippen LogP contribution in [0.3, 0.4) is 0 Å². The van der Waals surface area contributed by atoms with Gasteiger partial charge in [-0.15, -0.1) is 12.4 Å². The van der Waals surface area contributed by atoms with Gasteiger partial charge < -0.3 is 10.2 Å². The van der Waals surface area contributed by atoms with E-state index in [2.05, 4.69) is 45.4 Å². The van der Waals surface area contributed by atoms with Crippen LogP contribution < -0.4 is 10.2 Å². The molecule has 6 rings (SSSR count). The van der Waals surface area contributed by atoms with Gasteiger partial charge in [0.15, 0.2) is 0 Å². The molecule has 5 heteroatoms. The number of likely N-dealkylation sites (tertiary alicyclic amines) is 1. The van der Waals surface area contributed by atoms with Crippen LogP contribution in [0.25, 0.3) is 0 Å². The molecule has 30 heavy (non-hydrogen) atoms. The maximum atomic E-state index is 13.0. The van der Waals surface area contributed by atoms with Crippen molar-refractivity contribution in [1.82, 2.24) is 10.2 Å². The number of rotatable bonds is 3. The number of para-hydroxylation sites is 1. The van der Waals surface area contributed by atoms with Crippen molar-refractivity contribution in [2.45, 2.75) is 69.4 Å². The van der Waals surface area contributed by atoms with E-state index >= 15 is 0 Å². The molecule has 1 aromatic rings. The van der Waals surface area contributed by atoms with E-state index in [1.165, 1.54) is 50.6 Å². The van der Waals surface area contributed by atoms with E-state index in [0.29, 0.717) is 6.67 Å². The molecule has 1 N–H and O–H groups in total. The van der Waals surface area contributed by atoms with Crippen LogP contribution in [-0.4, -0.2) is 42.1 Å². The Balaban J connectivity index is 0.00000193. The minimum absolute atomic E-state index is 0. The summed E-state index contributed by atoms with van der Waals surface area (Å²) in [6.07, 6.45) is 12.3. The Bertz CT molecular complexity index is 763. The van der Waals surface area contributed by atoms with Crippen molar-refractivity contribution in [2.75, 3.05) is 24.7 Å². The van der Waals surface area contributed by atoms with Crippen molar-refractivity contribution < 1.29 is 4.79 Å². The monoisotopic (exact) mass is 429 g/mol. The molecule has 3 saturated carbocycles. The SMILES string of the molecule is Cl.O=C1NCN(c2ccccc2)C12CCN(C1CCCC1C1CC3CCC1C3)CC2. The lowest BCUT2D eigenvalue weighted by Crippen LogP contribution is -2.58. The van der Waals surface area contributed by atoms with Gasteiger partial charge in [0.2, 0.25) is 5.91 Å². The molecule has 3 aliphatic carbocycles. The second-order valence-electron chi connectivity index (χ2n) is 10.5. The average molecular weight is 430 g/mol. The number of halogens is 1. The summed E-state index contributed by atoms with van der Waals surface area (Å²) in [5.41, 5.74) is 0.846. The topological polar surface area (TPSA) is 35.6 Å². The second-order valence-corrected chi connectivity index (χ2v) is 10.5. The predicted molar refractivity (Wildman–Crippen MR) is 123 cm³/mol. The highest BCUT2D eigenvalue weighted by Crippen LogP contribution is 2.55. The molecule has 4 nitrogen and oxygen atoms in total. The molecular weight excluding hydrogens is 394 g/mol. The van der Waals surface area contributed by atoms with Gasteiger partial charge in [0.25, 0.3) is 0 Å². The minimum atomic E-state index is -0.335. The van der Waals surface area contributed by atoms with Crippen molar-refractivity contribution in [3.63, 3.8) is 0 Å². The number of nitrogens with zero attached hydrogens (tertiary/aromatic N) is 2. The summed E-state index contributed by atoms with van der Waals surface area (Å²) in [6, 6.07) is 11.3. The van der Waals surface area contributed by atoms with E-state index < -0.39 is 0 Å². The highest BCUT2D eigenvalue weighted by Gasteiger charge is 2.53. The first-order valence-electron chi connectivity index (χ1n) is 12.1. The lowest BCUT2D eigenvalue weighted by atomic mass is 9.76. The summed E-state index contributed by atoms with van der Waals surface area (Å²) in [7, 11) is 0. The maximum absolute atomic E-state index is 13.0. The van der Waals surface area contributed by atoms with Gasteiger partial charge in [0, 0.05) is 24.8 Å². The number of piperidine rings is 1. The molecule has 164 valence electrons. The van der Waals surface area contributed by atoms with Crippen LogP contribution >= 0.6 is 12.4 Å². The molecule has 0 aromatic heterocycles. The standard InChI is InChI=1S/C25H35N3O.ClH/c29-24-25(28(17-26-24)20-5-2-1-3-6-20)11-13-27(14-12-25)23-8-4-7-21(23)22-16-18-9-10-19(22)15-18;/h1-3,5-6,18-19,21-23H,4,7-17H2,(H,26,29);1H. The Morgan fingerprint density at radius 2 is 1.73 bits per heavy atom. The van der Waals surface area contributed by atoms with Gasteiger partial charge in [-0.2, -0.15) is 0 Å². The van der Waals surface area contributed by atoms with Crippen molar-refractivity contribution >= 4 is 24.0 Å². The molecule has 2 bridgehead atoms. The van der Waals surface area contributed by atoms with Crippen molar-refractivity contribution in [3.05, 3.63) is 30.3 Å².